The van der Waals surface area contributed by atoms with E-state index in [2.05, 4.69) is 21.2 Å². The van der Waals surface area contributed by atoms with Crippen molar-refractivity contribution in [2.75, 3.05) is 10.8 Å². The predicted octanol–water partition coefficient (Wildman–Crippen LogP) is 3.04. The summed E-state index contributed by atoms with van der Waals surface area (Å²) in [5, 5.41) is 2.62. The number of thiophene rings is 1. The highest BCUT2D eigenvalue weighted by molar-refractivity contribution is 9.10. The zero-order chi connectivity index (χ0) is 17.5. The van der Waals surface area contributed by atoms with Crippen molar-refractivity contribution in [3.63, 3.8) is 0 Å². The van der Waals surface area contributed by atoms with E-state index in [9.17, 15) is 17.6 Å². The van der Waals surface area contributed by atoms with Gasteiger partial charge in [-0.3, -0.25) is 9.10 Å². The van der Waals surface area contributed by atoms with Crippen molar-refractivity contribution in [2.24, 2.45) is 0 Å². The van der Waals surface area contributed by atoms with Crippen LogP contribution in [-0.2, 0) is 27.8 Å². The fourth-order valence-electron chi connectivity index (χ4n) is 2.58. The van der Waals surface area contributed by atoms with Crippen LogP contribution in [0.5, 0.6) is 0 Å². The topological polar surface area (TPSA) is 66.5 Å². The zero-order valence-electron chi connectivity index (χ0n) is 12.7. The normalized spacial score (nSPS) is 13.9. The van der Waals surface area contributed by atoms with Gasteiger partial charge in [-0.05, 0) is 36.2 Å². The molecule has 0 radical (unpaired) electrons. The third kappa shape index (κ3) is 3.20. The Hall–Kier alpha value is -1.45. The van der Waals surface area contributed by atoms with E-state index in [4.69, 9.17) is 0 Å². The number of halogens is 2. The first-order valence-corrected chi connectivity index (χ1v) is 10.2. The van der Waals surface area contributed by atoms with Crippen molar-refractivity contribution in [3.8, 4) is 0 Å². The molecule has 1 amide bonds. The lowest BCUT2D eigenvalue weighted by Gasteiger charge is -2.19. The summed E-state index contributed by atoms with van der Waals surface area (Å²) in [5.41, 5.74) is 0.787. The van der Waals surface area contributed by atoms with Crippen molar-refractivity contribution < 1.29 is 17.6 Å². The van der Waals surface area contributed by atoms with E-state index in [1.54, 1.807) is 12.1 Å². The molecule has 128 valence electrons. The molecule has 2 heterocycles. The van der Waals surface area contributed by atoms with E-state index < -0.39 is 15.8 Å². The van der Waals surface area contributed by atoms with Crippen LogP contribution < -0.4 is 9.62 Å². The highest BCUT2D eigenvalue weighted by Gasteiger charge is 2.34. The van der Waals surface area contributed by atoms with Crippen LogP contribution in [0.3, 0.4) is 0 Å². The minimum absolute atomic E-state index is 0.120. The summed E-state index contributed by atoms with van der Waals surface area (Å²) < 4.78 is 41.8. The van der Waals surface area contributed by atoms with E-state index in [1.165, 1.54) is 19.1 Å². The first-order valence-electron chi connectivity index (χ1n) is 7.13. The van der Waals surface area contributed by atoms with Crippen molar-refractivity contribution in [1.29, 1.82) is 0 Å². The minimum Gasteiger partial charge on any atom is -0.351 e. The smallest absolute Gasteiger partial charge is 0.273 e. The van der Waals surface area contributed by atoms with Gasteiger partial charge in [0.25, 0.3) is 10.0 Å². The summed E-state index contributed by atoms with van der Waals surface area (Å²) in [4.78, 5) is 11.7. The molecule has 24 heavy (non-hydrogen) atoms. The average molecular weight is 433 g/mol. The van der Waals surface area contributed by atoms with E-state index >= 15 is 0 Å². The fourth-order valence-corrected chi connectivity index (χ4v) is 5.97. The molecule has 0 saturated heterocycles. The summed E-state index contributed by atoms with van der Waals surface area (Å²) in [6, 6.07) is 6.15. The highest BCUT2D eigenvalue weighted by Crippen LogP contribution is 2.38. The second-order valence-electron chi connectivity index (χ2n) is 5.35. The van der Waals surface area contributed by atoms with Gasteiger partial charge < -0.3 is 5.32 Å². The van der Waals surface area contributed by atoms with Crippen LogP contribution >= 0.6 is 27.3 Å². The molecule has 1 N–H and O–H groups in total. The number of hydrogen-bond acceptors (Lipinski definition) is 4. The zero-order valence-corrected chi connectivity index (χ0v) is 15.9. The summed E-state index contributed by atoms with van der Waals surface area (Å²) in [6.07, 6.45) is 0.467. The minimum atomic E-state index is -3.82. The van der Waals surface area contributed by atoms with Crippen LogP contribution in [0.1, 0.15) is 17.4 Å². The van der Waals surface area contributed by atoms with Crippen molar-refractivity contribution in [3.05, 3.63) is 45.0 Å². The molecule has 1 aromatic carbocycles. The molecule has 0 atom stereocenters. The van der Waals surface area contributed by atoms with Crippen molar-refractivity contribution in [1.82, 2.24) is 5.32 Å². The van der Waals surface area contributed by atoms with Gasteiger partial charge in [-0.2, -0.15) is 0 Å². The maximum atomic E-state index is 14.3. The lowest BCUT2D eigenvalue weighted by atomic mass is 10.2. The fraction of sp³-hybridized carbons (Fsp3) is 0.267. The molecule has 1 aliphatic heterocycles. The lowest BCUT2D eigenvalue weighted by Crippen LogP contribution is -2.29. The number of hydrogen-bond donors (Lipinski definition) is 1. The van der Waals surface area contributed by atoms with Gasteiger partial charge in [0.1, 0.15) is 10.0 Å². The van der Waals surface area contributed by atoms with Crippen LogP contribution in [0.2, 0.25) is 0 Å². The Balaban J connectivity index is 1.92. The van der Waals surface area contributed by atoms with Gasteiger partial charge in [0.05, 0.1) is 12.2 Å². The second-order valence-corrected chi connectivity index (χ2v) is 9.53. The van der Waals surface area contributed by atoms with Crippen LogP contribution in [0.25, 0.3) is 0 Å². The largest absolute Gasteiger partial charge is 0.351 e. The molecule has 0 spiro atoms. The number of carbonyl (C=O) groups is 1. The molecule has 1 aromatic heterocycles. The molecule has 9 heteroatoms. The number of carbonyl (C=O) groups excluding carboxylic acids is 1. The number of fused-ring (bicyclic) bond motifs is 1. The van der Waals surface area contributed by atoms with Crippen LogP contribution in [0, 0.1) is 5.82 Å². The van der Waals surface area contributed by atoms with E-state index in [1.807, 2.05) is 0 Å². The van der Waals surface area contributed by atoms with Gasteiger partial charge in [-0.25, -0.2) is 12.8 Å². The molecule has 0 unspecified atom stereocenters. The predicted molar refractivity (Wildman–Crippen MR) is 94.2 cm³/mol. The second kappa shape index (κ2) is 6.45. The van der Waals surface area contributed by atoms with Crippen molar-refractivity contribution in [2.45, 2.75) is 24.1 Å². The molecule has 0 aliphatic carbocycles. The Morgan fingerprint density at radius 1 is 1.42 bits per heavy atom. The summed E-state index contributed by atoms with van der Waals surface area (Å²) in [7, 11) is -3.82. The Morgan fingerprint density at radius 3 is 2.88 bits per heavy atom. The number of benzene rings is 1. The summed E-state index contributed by atoms with van der Waals surface area (Å²) in [6.45, 7) is 1.88. The van der Waals surface area contributed by atoms with Gasteiger partial charge in [-0.1, -0.05) is 15.9 Å². The number of sulfonamides is 1. The molecule has 0 saturated carbocycles. The quantitative estimate of drug-likeness (QED) is 0.806. The number of amides is 1. The Kier molecular flexibility index (Phi) is 4.67. The SMILES string of the molecule is CC(=O)NCc1ccc(S(=O)(=O)N2CCc3cc(Br)cc(F)c32)s1. The van der Waals surface area contributed by atoms with Crippen LogP contribution in [-0.4, -0.2) is 20.9 Å². The standard InChI is InChI=1S/C15H14BrFN2O3S2/c1-9(20)18-8-12-2-3-14(23-12)24(21,22)19-5-4-10-6-11(16)7-13(17)15(10)19/h2-3,6-7H,4-5,8H2,1H3,(H,18,20). The molecule has 3 rings (SSSR count). The number of anilines is 1. The van der Waals surface area contributed by atoms with Crippen LogP contribution in [0.4, 0.5) is 10.1 Å². The first-order chi connectivity index (χ1) is 11.3. The summed E-state index contributed by atoms with van der Waals surface area (Å²) >= 11 is 4.30. The average Bonchev–Trinajstić information content (AvgIpc) is 3.11. The summed E-state index contributed by atoms with van der Waals surface area (Å²) in [5.74, 6) is -0.746. The van der Waals surface area contributed by atoms with Gasteiger partial charge in [-0.15, -0.1) is 11.3 Å². The van der Waals surface area contributed by atoms with Gasteiger partial charge in [0.2, 0.25) is 5.91 Å². The molecule has 5 nitrogen and oxygen atoms in total. The Bertz CT molecular complexity index is 911. The van der Waals surface area contributed by atoms with E-state index in [0.717, 1.165) is 20.5 Å². The third-order valence-electron chi connectivity index (χ3n) is 3.63. The van der Waals surface area contributed by atoms with Gasteiger partial charge in [0, 0.05) is 22.8 Å². The molecule has 1 aliphatic rings. The molecular weight excluding hydrogens is 419 g/mol. The van der Waals surface area contributed by atoms with Crippen molar-refractivity contribution >= 4 is 48.9 Å². The van der Waals surface area contributed by atoms with E-state index in [-0.39, 0.29) is 28.9 Å². The maximum absolute atomic E-state index is 14.3. The van der Waals surface area contributed by atoms with Crippen LogP contribution in [0.15, 0.2) is 32.9 Å². The number of nitrogens with one attached hydrogen (secondary N) is 1. The highest BCUT2D eigenvalue weighted by atomic mass is 79.9. The molecule has 2 aromatic rings. The molecular formula is C15H14BrFN2O3S2. The molecule has 0 fully saturated rings. The van der Waals surface area contributed by atoms with Gasteiger partial charge >= 0.3 is 0 Å². The number of nitrogens with zero attached hydrogens (tertiary/aromatic N) is 1. The van der Waals surface area contributed by atoms with E-state index in [0.29, 0.717) is 16.5 Å². The lowest BCUT2D eigenvalue weighted by molar-refractivity contribution is -0.119. The first kappa shape index (κ1) is 17.4. The maximum Gasteiger partial charge on any atom is 0.273 e. The number of rotatable bonds is 4. The monoisotopic (exact) mass is 432 g/mol. The Labute approximate surface area is 151 Å². The Morgan fingerprint density at radius 2 is 2.17 bits per heavy atom. The third-order valence-corrected chi connectivity index (χ3v) is 7.44. The van der Waals surface area contributed by atoms with Gasteiger partial charge in [0.15, 0.2) is 0 Å². The molecule has 0 bridgehead atoms.